The number of rotatable bonds is 9. The molecule has 0 radical (unpaired) electrons. The monoisotopic (exact) mass is 414 g/mol. The van der Waals surface area contributed by atoms with Gasteiger partial charge in [-0.05, 0) is 32.2 Å². The molecule has 0 spiro atoms. The van der Waals surface area contributed by atoms with Crippen molar-refractivity contribution in [1.29, 1.82) is 0 Å². The number of benzene rings is 1. The molecule has 1 aromatic carbocycles. The van der Waals surface area contributed by atoms with Crippen molar-refractivity contribution in [2.75, 3.05) is 32.6 Å². The van der Waals surface area contributed by atoms with Crippen LogP contribution < -0.4 is 0 Å². The van der Waals surface area contributed by atoms with E-state index in [9.17, 15) is 8.42 Å². The maximum atomic E-state index is 11.5. The maximum absolute atomic E-state index is 11.5. The Labute approximate surface area is 168 Å². The van der Waals surface area contributed by atoms with Crippen LogP contribution in [0.1, 0.15) is 39.2 Å². The Hall–Kier alpha value is -1.09. The van der Waals surface area contributed by atoms with Gasteiger partial charge in [0.05, 0.1) is 18.8 Å². The zero-order valence-corrected chi connectivity index (χ0v) is 18.2. The highest BCUT2D eigenvalue weighted by Crippen LogP contribution is 2.25. The first kappa shape index (κ1) is 22.2. The van der Waals surface area contributed by atoms with Gasteiger partial charge in [-0.2, -0.15) is 0 Å². The summed E-state index contributed by atoms with van der Waals surface area (Å²) in [7, 11) is -2.69. The van der Waals surface area contributed by atoms with Crippen molar-refractivity contribution in [3.63, 3.8) is 0 Å². The van der Waals surface area contributed by atoms with Gasteiger partial charge in [-0.15, -0.1) is 11.8 Å². The van der Waals surface area contributed by atoms with E-state index in [-0.39, 0.29) is 0 Å². The van der Waals surface area contributed by atoms with Crippen molar-refractivity contribution in [2.45, 2.75) is 49.5 Å². The van der Waals surface area contributed by atoms with Crippen LogP contribution in [-0.4, -0.2) is 62.6 Å². The molecule has 0 saturated carbocycles. The van der Waals surface area contributed by atoms with Crippen molar-refractivity contribution in [2.24, 2.45) is 5.16 Å². The topological polar surface area (TPSA) is 68.2 Å². The fourth-order valence-electron chi connectivity index (χ4n) is 3.10. The fraction of sp³-hybridized carbons (Fsp3) is 0.632. The molecule has 0 aromatic heterocycles. The van der Waals surface area contributed by atoms with Gasteiger partial charge in [-0.3, -0.25) is 4.90 Å². The highest BCUT2D eigenvalue weighted by atomic mass is 32.2. The summed E-state index contributed by atoms with van der Waals surface area (Å²) in [5, 5.41) is 4.38. The van der Waals surface area contributed by atoms with Gasteiger partial charge >= 0.3 is 0 Å². The number of thiol groups is 1. The molecule has 1 saturated heterocycles. The van der Waals surface area contributed by atoms with Crippen molar-refractivity contribution >= 4 is 28.2 Å². The zero-order valence-electron chi connectivity index (χ0n) is 16.5. The SMILES string of the molecule is CCCC(ON=C(c1ccc(SC)cc1)C(C)(C)N1CCOCC1)[SH](=O)=O. The number of hydrogen-bond acceptors (Lipinski definition) is 7. The summed E-state index contributed by atoms with van der Waals surface area (Å²) in [4.78, 5) is 8.98. The smallest absolute Gasteiger partial charge is 0.224 e. The predicted molar refractivity (Wildman–Crippen MR) is 111 cm³/mol. The number of thioether (sulfide) groups is 1. The first-order chi connectivity index (χ1) is 12.9. The second-order valence-corrected chi connectivity index (χ2v) is 8.99. The van der Waals surface area contributed by atoms with Crippen LogP contribution in [0, 0.1) is 0 Å². The van der Waals surface area contributed by atoms with Crippen LogP contribution in [-0.2, 0) is 20.3 Å². The van der Waals surface area contributed by atoms with Gasteiger partial charge in [0, 0.05) is 30.0 Å². The van der Waals surface area contributed by atoms with E-state index in [1.807, 2.05) is 37.4 Å². The van der Waals surface area contributed by atoms with Crippen LogP contribution in [0.3, 0.4) is 0 Å². The lowest BCUT2D eigenvalue weighted by atomic mass is 9.90. The summed E-state index contributed by atoms with van der Waals surface area (Å²) < 4.78 is 28.4. The summed E-state index contributed by atoms with van der Waals surface area (Å²) in [6, 6.07) is 8.12. The van der Waals surface area contributed by atoms with Crippen LogP contribution in [0.25, 0.3) is 0 Å². The van der Waals surface area contributed by atoms with E-state index in [0.717, 1.165) is 29.3 Å². The van der Waals surface area contributed by atoms with Gasteiger partial charge in [-0.1, -0.05) is 30.6 Å². The minimum atomic E-state index is -2.69. The standard InChI is InChI=1S/C19H30N2O4S2/c1-5-6-17(27(22)23)25-20-18(15-7-9-16(26-4)10-8-15)19(2,3)21-11-13-24-14-12-21/h7-10,17,27H,5-6,11-14H2,1-4H3. The third-order valence-corrected chi connectivity index (χ3v) is 6.35. The second kappa shape index (κ2) is 10.5. The van der Waals surface area contributed by atoms with Gasteiger partial charge < -0.3 is 9.57 Å². The largest absolute Gasteiger partial charge is 0.379 e. The lowest BCUT2D eigenvalue weighted by Gasteiger charge is -2.41. The molecule has 1 atom stereocenters. The third-order valence-electron chi connectivity index (χ3n) is 4.78. The lowest BCUT2D eigenvalue weighted by Crippen LogP contribution is -2.54. The molecule has 0 aliphatic carbocycles. The van der Waals surface area contributed by atoms with E-state index in [1.54, 1.807) is 11.8 Å². The average molecular weight is 415 g/mol. The number of nitrogens with zero attached hydrogens (tertiary/aromatic N) is 2. The molecule has 0 amide bonds. The summed E-state index contributed by atoms with van der Waals surface area (Å²) in [5.74, 6) is 0. The van der Waals surface area contributed by atoms with E-state index >= 15 is 0 Å². The summed E-state index contributed by atoms with van der Waals surface area (Å²) in [6.45, 7) is 9.05. The number of ether oxygens (including phenoxy) is 1. The molecule has 6 nitrogen and oxygen atoms in total. The van der Waals surface area contributed by atoms with Gasteiger partial charge in [0.25, 0.3) is 0 Å². The molecule has 1 aliphatic heterocycles. The molecule has 1 aliphatic rings. The van der Waals surface area contributed by atoms with Crippen LogP contribution in [0.15, 0.2) is 34.3 Å². The van der Waals surface area contributed by atoms with E-state index < -0.39 is 21.7 Å². The molecule has 0 N–H and O–H groups in total. The maximum Gasteiger partial charge on any atom is 0.224 e. The summed E-state index contributed by atoms with van der Waals surface area (Å²) in [6.07, 6.45) is 3.18. The molecule has 8 heteroatoms. The molecule has 27 heavy (non-hydrogen) atoms. The Bertz CT molecular complexity index is 688. The zero-order chi connectivity index (χ0) is 19.9. The van der Waals surface area contributed by atoms with Gasteiger partial charge in [-0.25, -0.2) is 8.42 Å². The van der Waals surface area contributed by atoms with Crippen molar-refractivity contribution in [3.05, 3.63) is 29.8 Å². The Morgan fingerprint density at radius 1 is 1.30 bits per heavy atom. The molecular weight excluding hydrogens is 384 g/mol. The average Bonchev–Trinajstić information content (AvgIpc) is 2.68. The predicted octanol–water partition coefficient (Wildman–Crippen LogP) is 2.98. The Kier molecular flexibility index (Phi) is 8.60. The van der Waals surface area contributed by atoms with Crippen LogP contribution >= 0.6 is 11.8 Å². The molecule has 0 bridgehead atoms. The number of hydrogen-bond donors (Lipinski definition) is 1. The Morgan fingerprint density at radius 2 is 1.93 bits per heavy atom. The van der Waals surface area contributed by atoms with E-state index in [0.29, 0.717) is 26.1 Å². The van der Waals surface area contributed by atoms with E-state index in [2.05, 4.69) is 23.9 Å². The van der Waals surface area contributed by atoms with Crippen molar-refractivity contribution in [1.82, 2.24) is 4.90 Å². The molecule has 152 valence electrons. The quantitative estimate of drug-likeness (QED) is 0.290. The van der Waals surface area contributed by atoms with Crippen LogP contribution in [0.5, 0.6) is 0 Å². The number of morpholine rings is 1. The van der Waals surface area contributed by atoms with E-state index in [1.165, 1.54) is 0 Å². The molecule has 1 fully saturated rings. The fourth-order valence-corrected chi connectivity index (χ4v) is 4.10. The molecular formula is C19H30N2O4S2. The highest BCUT2D eigenvalue weighted by Gasteiger charge is 2.35. The van der Waals surface area contributed by atoms with E-state index in [4.69, 9.17) is 9.57 Å². The third kappa shape index (κ3) is 5.94. The number of oxime groups is 1. The molecule has 1 aromatic rings. The normalized spacial score (nSPS) is 17.9. The Morgan fingerprint density at radius 3 is 2.44 bits per heavy atom. The van der Waals surface area contributed by atoms with Crippen molar-refractivity contribution in [3.8, 4) is 0 Å². The second-order valence-electron chi connectivity index (χ2n) is 6.96. The first-order valence-corrected chi connectivity index (χ1v) is 11.7. The molecule has 1 unspecified atom stereocenters. The summed E-state index contributed by atoms with van der Waals surface area (Å²) in [5.41, 5.74) is 0.345. The van der Waals surface area contributed by atoms with Gasteiger partial charge in [0.2, 0.25) is 5.44 Å². The minimum absolute atomic E-state index is 0.421. The van der Waals surface area contributed by atoms with Gasteiger partial charge in [0.15, 0.2) is 10.7 Å². The van der Waals surface area contributed by atoms with Crippen molar-refractivity contribution < 1.29 is 18.0 Å². The summed E-state index contributed by atoms with van der Waals surface area (Å²) >= 11 is 1.68. The van der Waals surface area contributed by atoms with Crippen LogP contribution in [0.4, 0.5) is 0 Å². The van der Waals surface area contributed by atoms with Gasteiger partial charge in [0.1, 0.15) is 5.71 Å². The molecule has 1 heterocycles. The minimum Gasteiger partial charge on any atom is -0.379 e. The lowest BCUT2D eigenvalue weighted by molar-refractivity contribution is 0.00840. The highest BCUT2D eigenvalue weighted by molar-refractivity contribution is 7.98. The van der Waals surface area contributed by atoms with Crippen LogP contribution in [0.2, 0.25) is 0 Å². The molecule has 2 rings (SSSR count). The Balaban J connectivity index is 2.38. The first-order valence-electron chi connectivity index (χ1n) is 9.25.